The highest BCUT2D eigenvalue weighted by atomic mass is 16.6. The number of benzene rings is 2. The summed E-state index contributed by atoms with van der Waals surface area (Å²) in [6, 6.07) is 17.9. The van der Waals surface area contributed by atoms with Gasteiger partial charge in [0.25, 0.3) is 11.6 Å². The summed E-state index contributed by atoms with van der Waals surface area (Å²) in [4.78, 5) is 40.5. The molecule has 4 rings (SSSR count). The monoisotopic (exact) mass is 515 g/mol. The number of carboxylic acids is 1. The van der Waals surface area contributed by atoms with Crippen LogP contribution in [0.1, 0.15) is 53.5 Å². The summed E-state index contributed by atoms with van der Waals surface area (Å²) in [6.07, 6.45) is 2.08. The molecule has 1 amide bonds. The van der Waals surface area contributed by atoms with Crippen molar-refractivity contribution in [3.8, 4) is 0 Å². The van der Waals surface area contributed by atoms with Gasteiger partial charge in [0.05, 0.1) is 28.6 Å². The van der Waals surface area contributed by atoms with Crippen molar-refractivity contribution in [2.24, 2.45) is 5.92 Å². The van der Waals surface area contributed by atoms with Gasteiger partial charge in [0.15, 0.2) is 5.65 Å². The first kappa shape index (κ1) is 26.3. The molecule has 0 saturated heterocycles. The van der Waals surface area contributed by atoms with Gasteiger partial charge >= 0.3 is 5.97 Å². The molecule has 10 heteroatoms. The molecule has 0 fully saturated rings. The fraction of sp³-hybridized carbons (Fsp3) is 0.250. The summed E-state index contributed by atoms with van der Waals surface area (Å²) in [5, 5.41) is 26.9. The highest BCUT2D eigenvalue weighted by molar-refractivity contribution is 6.00. The zero-order valence-electron chi connectivity index (χ0n) is 21.1. The number of nitro groups is 1. The zero-order chi connectivity index (χ0) is 27.2. The van der Waals surface area contributed by atoms with E-state index >= 15 is 0 Å². The number of carboxylic acid groups (broad SMARTS) is 1. The van der Waals surface area contributed by atoms with Gasteiger partial charge in [-0.25, -0.2) is 4.98 Å². The smallest absolute Gasteiger partial charge is 0.305 e. The van der Waals surface area contributed by atoms with E-state index in [4.69, 9.17) is 4.98 Å². The molecule has 2 heterocycles. The van der Waals surface area contributed by atoms with Crippen LogP contribution in [0.4, 0.5) is 11.5 Å². The average molecular weight is 516 g/mol. The fourth-order valence-electron chi connectivity index (χ4n) is 4.31. The van der Waals surface area contributed by atoms with Crippen LogP contribution in [0.15, 0.2) is 72.9 Å². The number of imidazole rings is 1. The number of nitrogens with one attached hydrogen (secondary N) is 2. The van der Waals surface area contributed by atoms with Crippen molar-refractivity contribution in [3.63, 3.8) is 0 Å². The Hall–Kier alpha value is -4.73. The van der Waals surface area contributed by atoms with Gasteiger partial charge in [-0.1, -0.05) is 56.3 Å². The number of anilines is 1. The molecule has 0 saturated carbocycles. The number of fused-ring (bicyclic) bond motifs is 1. The van der Waals surface area contributed by atoms with Crippen LogP contribution in [0.25, 0.3) is 5.65 Å². The van der Waals surface area contributed by atoms with Crippen LogP contribution in [-0.2, 0) is 17.8 Å². The lowest BCUT2D eigenvalue weighted by Crippen LogP contribution is -2.30. The summed E-state index contributed by atoms with van der Waals surface area (Å²) in [5.41, 5.74) is 2.76. The van der Waals surface area contributed by atoms with Crippen molar-refractivity contribution in [1.82, 2.24) is 14.7 Å². The average Bonchev–Trinajstić information content (AvgIpc) is 3.23. The fourth-order valence-corrected chi connectivity index (χ4v) is 4.31. The summed E-state index contributed by atoms with van der Waals surface area (Å²) < 4.78 is 1.83. The Morgan fingerprint density at radius 3 is 2.53 bits per heavy atom. The highest BCUT2D eigenvalue weighted by Crippen LogP contribution is 2.26. The second-order valence-electron chi connectivity index (χ2n) is 9.44. The maximum atomic E-state index is 13.5. The van der Waals surface area contributed by atoms with Crippen LogP contribution >= 0.6 is 0 Å². The lowest BCUT2D eigenvalue weighted by molar-refractivity contribution is -0.384. The van der Waals surface area contributed by atoms with Crippen molar-refractivity contribution in [2.75, 3.05) is 5.32 Å². The third kappa shape index (κ3) is 6.15. The SMILES string of the molecule is CC(C)Cc1nc2c(C(=O)NC(CC(=O)O)c3cccc([N+](=O)[O-])c3)cccn2c1NCc1ccccc1. The molecule has 0 aliphatic heterocycles. The van der Waals surface area contributed by atoms with Crippen LogP contribution in [-0.4, -0.2) is 31.3 Å². The topological polar surface area (TPSA) is 139 Å². The number of carbonyl (C=O) groups excluding carboxylic acids is 1. The van der Waals surface area contributed by atoms with Gasteiger partial charge in [-0.15, -0.1) is 0 Å². The lowest BCUT2D eigenvalue weighted by atomic mass is 10.0. The third-order valence-electron chi connectivity index (χ3n) is 6.04. The van der Waals surface area contributed by atoms with E-state index in [0.717, 1.165) is 17.1 Å². The first-order valence-corrected chi connectivity index (χ1v) is 12.3. The predicted octanol–water partition coefficient (Wildman–Crippen LogP) is 5.00. The Bertz CT molecular complexity index is 1470. The molecule has 38 heavy (non-hydrogen) atoms. The van der Waals surface area contributed by atoms with E-state index < -0.39 is 29.3 Å². The number of carbonyl (C=O) groups is 2. The van der Waals surface area contributed by atoms with Crippen molar-refractivity contribution in [3.05, 3.63) is 105 Å². The molecule has 0 spiro atoms. The Kier molecular flexibility index (Phi) is 8.00. The molecule has 0 aliphatic carbocycles. The minimum absolute atomic E-state index is 0.185. The number of aromatic nitrogens is 2. The molecule has 0 bridgehead atoms. The highest BCUT2D eigenvalue weighted by Gasteiger charge is 2.24. The van der Waals surface area contributed by atoms with Crippen molar-refractivity contribution >= 4 is 29.0 Å². The van der Waals surface area contributed by atoms with Crippen molar-refractivity contribution in [2.45, 2.75) is 39.3 Å². The van der Waals surface area contributed by atoms with E-state index in [9.17, 15) is 24.8 Å². The van der Waals surface area contributed by atoms with Crippen molar-refractivity contribution in [1.29, 1.82) is 0 Å². The summed E-state index contributed by atoms with van der Waals surface area (Å²) >= 11 is 0. The second kappa shape index (κ2) is 11.5. The third-order valence-corrected chi connectivity index (χ3v) is 6.04. The normalized spacial score (nSPS) is 11.9. The molecule has 2 aromatic carbocycles. The Labute approximate surface area is 219 Å². The second-order valence-corrected chi connectivity index (χ2v) is 9.44. The van der Waals surface area contributed by atoms with E-state index in [1.807, 2.05) is 40.9 Å². The Morgan fingerprint density at radius 1 is 1.08 bits per heavy atom. The number of hydrogen-bond acceptors (Lipinski definition) is 6. The van der Waals surface area contributed by atoms with Gasteiger partial charge in [-0.3, -0.25) is 24.1 Å². The van der Waals surface area contributed by atoms with Crippen LogP contribution in [0.5, 0.6) is 0 Å². The number of rotatable bonds is 11. The number of amides is 1. The van der Waals surface area contributed by atoms with Crippen molar-refractivity contribution < 1.29 is 19.6 Å². The van der Waals surface area contributed by atoms with Gasteiger partial charge in [0.1, 0.15) is 5.82 Å². The molecule has 2 aromatic heterocycles. The molecule has 196 valence electrons. The number of aliphatic carboxylic acids is 1. The number of hydrogen-bond donors (Lipinski definition) is 3. The maximum absolute atomic E-state index is 13.5. The summed E-state index contributed by atoms with van der Waals surface area (Å²) in [7, 11) is 0. The van der Waals surface area contributed by atoms with E-state index in [1.165, 1.54) is 18.2 Å². The van der Waals surface area contributed by atoms with E-state index in [2.05, 4.69) is 24.5 Å². The zero-order valence-corrected chi connectivity index (χ0v) is 21.1. The number of nitro benzene ring substituents is 1. The minimum Gasteiger partial charge on any atom is -0.481 e. The number of non-ortho nitro benzene ring substituents is 1. The van der Waals surface area contributed by atoms with E-state index in [0.29, 0.717) is 30.1 Å². The lowest BCUT2D eigenvalue weighted by Gasteiger charge is -2.18. The molecule has 3 N–H and O–H groups in total. The summed E-state index contributed by atoms with van der Waals surface area (Å²) in [6.45, 7) is 4.76. The van der Waals surface area contributed by atoms with Gasteiger partial charge in [0, 0.05) is 24.9 Å². The van der Waals surface area contributed by atoms with E-state index in [-0.39, 0.29) is 11.3 Å². The van der Waals surface area contributed by atoms with Crippen LogP contribution in [0, 0.1) is 16.0 Å². The van der Waals surface area contributed by atoms with E-state index in [1.54, 1.807) is 18.2 Å². The van der Waals surface area contributed by atoms with Crippen LogP contribution in [0.2, 0.25) is 0 Å². The first-order chi connectivity index (χ1) is 18.2. The van der Waals surface area contributed by atoms with Crippen LogP contribution in [0.3, 0.4) is 0 Å². The summed E-state index contributed by atoms with van der Waals surface area (Å²) in [5.74, 6) is -0.562. The number of pyridine rings is 1. The maximum Gasteiger partial charge on any atom is 0.305 e. The quantitative estimate of drug-likeness (QED) is 0.189. The number of nitrogens with zero attached hydrogens (tertiary/aromatic N) is 3. The molecule has 0 aliphatic rings. The Balaban J connectivity index is 1.68. The Morgan fingerprint density at radius 2 is 1.84 bits per heavy atom. The van der Waals surface area contributed by atoms with Gasteiger partial charge in [-0.05, 0) is 35.6 Å². The van der Waals surface area contributed by atoms with Crippen LogP contribution < -0.4 is 10.6 Å². The minimum atomic E-state index is -1.15. The molecule has 10 nitrogen and oxygen atoms in total. The predicted molar refractivity (Wildman–Crippen MR) is 143 cm³/mol. The van der Waals surface area contributed by atoms with Gasteiger partial charge in [-0.2, -0.15) is 0 Å². The molecular formula is C28H29N5O5. The molecule has 0 radical (unpaired) electrons. The standard InChI is InChI=1S/C28H29N5O5/c1-18(2)14-24-27(29-17-19-8-4-3-5-9-19)32-13-7-12-22(26(32)30-24)28(36)31-23(16-25(34)35)20-10-6-11-21(15-20)33(37)38/h3-13,15,18,23,29H,14,16-17H2,1-2H3,(H,31,36)(H,34,35). The van der Waals surface area contributed by atoms with Gasteiger partial charge < -0.3 is 15.7 Å². The first-order valence-electron chi connectivity index (χ1n) is 12.3. The largest absolute Gasteiger partial charge is 0.481 e. The molecule has 1 atom stereocenters. The molecule has 1 unspecified atom stereocenters. The molecule has 4 aromatic rings. The molecular weight excluding hydrogens is 486 g/mol. The van der Waals surface area contributed by atoms with Gasteiger partial charge in [0.2, 0.25) is 0 Å².